The summed E-state index contributed by atoms with van der Waals surface area (Å²) in [6.07, 6.45) is 2.49. The fraction of sp³-hybridized carbons (Fsp3) is 0.273. The van der Waals surface area contributed by atoms with Gasteiger partial charge in [0, 0.05) is 11.4 Å². The van der Waals surface area contributed by atoms with Crippen LogP contribution in [-0.2, 0) is 4.79 Å². The molecule has 1 amide bonds. The number of aromatic nitrogens is 2. The molecule has 5 nitrogen and oxygen atoms in total. The molecule has 0 aliphatic heterocycles. The lowest BCUT2D eigenvalue weighted by atomic mass is 10.2. The number of rotatable bonds is 2. The number of benzene rings is 1. The second kappa shape index (κ2) is 3.31. The molecule has 1 aliphatic rings. The number of hydrogen-bond acceptors (Lipinski definition) is 3. The Morgan fingerprint density at radius 3 is 3.12 bits per heavy atom. The van der Waals surface area contributed by atoms with Crippen molar-refractivity contribution in [2.75, 3.05) is 5.32 Å². The quantitative estimate of drug-likeness (QED) is 0.695. The number of aromatic amines is 1. The number of nitrogens with one attached hydrogen (secondary N) is 2. The molecule has 0 radical (unpaired) electrons. The third-order valence-electron chi connectivity index (χ3n) is 2.92. The van der Waals surface area contributed by atoms with Crippen molar-refractivity contribution in [3.05, 3.63) is 24.4 Å². The van der Waals surface area contributed by atoms with Gasteiger partial charge >= 0.3 is 0 Å². The number of anilines is 1. The van der Waals surface area contributed by atoms with Gasteiger partial charge in [-0.25, -0.2) is 0 Å². The van der Waals surface area contributed by atoms with Crippen molar-refractivity contribution in [1.29, 1.82) is 0 Å². The van der Waals surface area contributed by atoms with E-state index in [1.54, 1.807) is 6.20 Å². The summed E-state index contributed by atoms with van der Waals surface area (Å²) in [7, 11) is 0. The summed E-state index contributed by atoms with van der Waals surface area (Å²) in [5.74, 6) is -0.0247. The molecule has 1 heterocycles. The minimum absolute atomic E-state index is 0.00111. The summed E-state index contributed by atoms with van der Waals surface area (Å²) in [5, 5.41) is 10.6. The standard InChI is InChI=1S/C11H12N4O/c12-8-4-6(8)11(16)14-9-2-1-3-10-7(9)5-13-15-10/h1-3,5-6,8H,4,12H2,(H,13,15)(H,14,16). The van der Waals surface area contributed by atoms with E-state index in [1.165, 1.54) is 0 Å². The SMILES string of the molecule is NC1CC1C(=O)Nc1cccc2[nH]ncc12. The lowest BCUT2D eigenvalue weighted by molar-refractivity contribution is -0.117. The molecule has 5 heteroatoms. The highest BCUT2D eigenvalue weighted by atomic mass is 16.2. The highest BCUT2D eigenvalue weighted by Gasteiger charge is 2.40. The largest absolute Gasteiger partial charge is 0.327 e. The summed E-state index contributed by atoms with van der Waals surface area (Å²) in [6.45, 7) is 0. The highest BCUT2D eigenvalue weighted by molar-refractivity contribution is 6.02. The molecule has 1 aromatic heterocycles. The van der Waals surface area contributed by atoms with Crippen LogP contribution in [0.2, 0.25) is 0 Å². The molecule has 1 saturated carbocycles. The molecule has 82 valence electrons. The number of fused-ring (bicyclic) bond motifs is 1. The maximum Gasteiger partial charge on any atom is 0.229 e. The molecule has 3 rings (SSSR count). The van der Waals surface area contributed by atoms with Gasteiger partial charge in [0.1, 0.15) is 0 Å². The maximum atomic E-state index is 11.7. The Morgan fingerprint density at radius 1 is 1.56 bits per heavy atom. The second-order valence-corrected chi connectivity index (χ2v) is 4.13. The first-order valence-corrected chi connectivity index (χ1v) is 5.24. The predicted octanol–water partition coefficient (Wildman–Crippen LogP) is 0.849. The number of nitrogens with two attached hydrogens (primary N) is 1. The molecule has 16 heavy (non-hydrogen) atoms. The van der Waals surface area contributed by atoms with Gasteiger partial charge in [0.15, 0.2) is 0 Å². The molecule has 0 saturated heterocycles. The lowest BCUT2D eigenvalue weighted by Crippen LogP contribution is -2.18. The zero-order chi connectivity index (χ0) is 11.1. The van der Waals surface area contributed by atoms with Crippen LogP contribution in [0.3, 0.4) is 0 Å². The first kappa shape index (κ1) is 9.35. The van der Waals surface area contributed by atoms with E-state index < -0.39 is 0 Å². The number of carbonyl (C=O) groups is 1. The van der Waals surface area contributed by atoms with Gasteiger partial charge in [-0.1, -0.05) is 6.07 Å². The van der Waals surface area contributed by atoms with Crippen molar-refractivity contribution in [2.24, 2.45) is 11.7 Å². The fourth-order valence-electron chi connectivity index (χ4n) is 1.82. The summed E-state index contributed by atoms with van der Waals surface area (Å²) < 4.78 is 0. The van der Waals surface area contributed by atoms with E-state index in [2.05, 4.69) is 15.5 Å². The average molecular weight is 216 g/mol. The van der Waals surface area contributed by atoms with Gasteiger partial charge in [-0.2, -0.15) is 5.10 Å². The third kappa shape index (κ3) is 1.45. The number of H-pyrrole nitrogens is 1. The molecule has 1 aromatic carbocycles. The minimum Gasteiger partial charge on any atom is -0.327 e. The van der Waals surface area contributed by atoms with Gasteiger partial charge in [-0.3, -0.25) is 9.89 Å². The van der Waals surface area contributed by atoms with Crippen molar-refractivity contribution >= 4 is 22.5 Å². The van der Waals surface area contributed by atoms with E-state index in [0.29, 0.717) is 0 Å². The van der Waals surface area contributed by atoms with Crippen molar-refractivity contribution in [3.8, 4) is 0 Å². The number of nitrogens with zero attached hydrogens (tertiary/aromatic N) is 1. The van der Waals surface area contributed by atoms with E-state index >= 15 is 0 Å². The Labute approximate surface area is 92.0 Å². The number of amides is 1. The molecule has 0 spiro atoms. The van der Waals surface area contributed by atoms with Crippen LogP contribution in [0.5, 0.6) is 0 Å². The summed E-state index contributed by atoms with van der Waals surface area (Å²) >= 11 is 0. The van der Waals surface area contributed by atoms with Crippen LogP contribution in [0.25, 0.3) is 10.9 Å². The molecule has 2 atom stereocenters. The van der Waals surface area contributed by atoms with Gasteiger partial charge in [0.25, 0.3) is 0 Å². The van der Waals surface area contributed by atoms with Gasteiger partial charge < -0.3 is 11.1 Å². The average Bonchev–Trinajstić information content (AvgIpc) is 2.81. The molecule has 0 bridgehead atoms. The van der Waals surface area contributed by atoms with Crippen molar-refractivity contribution < 1.29 is 4.79 Å². The van der Waals surface area contributed by atoms with Gasteiger partial charge in [0.05, 0.1) is 23.3 Å². The first-order chi connectivity index (χ1) is 7.75. The Balaban J connectivity index is 1.88. The Morgan fingerprint density at radius 2 is 2.38 bits per heavy atom. The molecular formula is C11H12N4O. The van der Waals surface area contributed by atoms with Crippen LogP contribution >= 0.6 is 0 Å². The Bertz CT molecular complexity index is 548. The summed E-state index contributed by atoms with van der Waals surface area (Å²) in [5.41, 5.74) is 7.34. The van der Waals surface area contributed by atoms with Gasteiger partial charge in [-0.15, -0.1) is 0 Å². The van der Waals surface area contributed by atoms with Crippen LogP contribution < -0.4 is 11.1 Å². The van der Waals surface area contributed by atoms with Crippen LogP contribution in [0.4, 0.5) is 5.69 Å². The molecular weight excluding hydrogens is 204 g/mol. The monoisotopic (exact) mass is 216 g/mol. The van der Waals surface area contributed by atoms with Crippen LogP contribution in [0.15, 0.2) is 24.4 Å². The normalized spacial score (nSPS) is 23.3. The maximum absolute atomic E-state index is 11.7. The molecule has 2 aromatic rings. The zero-order valence-electron chi connectivity index (χ0n) is 8.60. The summed E-state index contributed by atoms with van der Waals surface area (Å²) in [4.78, 5) is 11.7. The van der Waals surface area contributed by atoms with Crippen molar-refractivity contribution in [2.45, 2.75) is 12.5 Å². The third-order valence-corrected chi connectivity index (χ3v) is 2.92. The molecule has 4 N–H and O–H groups in total. The predicted molar refractivity (Wildman–Crippen MR) is 60.8 cm³/mol. The Kier molecular flexibility index (Phi) is 1.94. The van der Waals surface area contributed by atoms with Crippen molar-refractivity contribution in [1.82, 2.24) is 10.2 Å². The smallest absolute Gasteiger partial charge is 0.229 e. The first-order valence-electron chi connectivity index (χ1n) is 5.24. The van der Waals surface area contributed by atoms with E-state index in [0.717, 1.165) is 23.0 Å². The minimum atomic E-state index is -0.0258. The van der Waals surface area contributed by atoms with Crippen LogP contribution in [0, 0.1) is 5.92 Å². The number of carbonyl (C=O) groups excluding carboxylic acids is 1. The number of hydrogen-bond donors (Lipinski definition) is 3. The van der Waals surface area contributed by atoms with Crippen molar-refractivity contribution in [3.63, 3.8) is 0 Å². The molecule has 1 fully saturated rings. The van der Waals surface area contributed by atoms with E-state index in [-0.39, 0.29) is 17.9 Å². The topological polar surface area (TPSA) is 83.8 Å². The summed E-state index contributed by atoms with van der Waals surface area (Å²) in [6, 6.07) is 5.69. The second-order valence-electron chi connectivity index (χ2n) is 4.13. The van der Waals surface area contributed by atoms with E-state index in [1.807, 2.05) is 18.2 Å². The zero-order valence-corrected chi connectivity index (χ0v) is 8.60. The molecule has 1 aliphatic carbocycles. The van der Waals surface area contributed by atoms with Crippen LogP contribution in [-0.4, -0.2) is 22.1 Å². The van der Waals surface area contributed by atoms with Crippen LogP contribution in [0.1, 0.15) is 6.42 Å². The van der Waals surface area contributed by atoms with E-state index in [4.69, 9.17) is 5.73 Å². The molecule has 2 unspecified atom stereocenters. The van der Waals surface area contributed by atoms with E-state index in [9.17, 15) is 4.79 Å². The van der Waals surface area contributed by atoms with Gasteiger partial charge in [-0.05, 0) is 18.6 Å². The Hall–Kier alpha value is -1.88. The fourth-order valence-corrected chi connectivity index (χ4v) is 1.82. The lowest BCUT2D eigenvalue weighted by Gasteiger charge is -2.05. The van der Waals surface area contributed by atoms with Gasteiger partial charge in [0.2, 0.25) is 5.91 Å². The highest BCUT2D eigenvalue weighted by Crippen LogP contribution is 2.30.